The van der Waals surface area contributed by atoms with Crippen LogP contribution in [0.15, 0.2) is 23.1 Å². The normalized spacial score (nSPS) is 12.9. The number of rotatable bonds is 8. The lowest BCUT2D eigenvalue weighted by Crippen LogP contribution is -2.32. The van der Waals surface area contributed by atoms with Gasteiger partial charge in [0.1, 0.15) is 4.90 Å². The predicted octanol–water partition coefficient (Wildman–Crippen LogP) is 3.85. The van der Waals surface area contributed by atoms with Crippen LogP contribution in [-0.4, -0.2) is 14.5 Å². The Morgan fingerprint density at radius 2 is 2.05 bits per heavy atom. The molecule has 0 fully saturated rings. The minimum Gasteiger partial charge on any atom is -0.208 e. The Hall–Kier alpha value is -1.09. The molecule has 4 nitrogen and oxygen atoms in total. The Morgan fingerprint density at radius 1 is 1.33 bits per heavy atom. The maximum atomic E-state index is 12.3. The number of sulfonamides is 1. The first-order valence-electron chi connectivity index (χ1n) is 7.12. The van der Waals surface area contributed by atoms with E-state index in [1.54, 1.807) is 0 Å². The van der Waals surface area contributed by atoms with Crippen molar-refractivity contribution in [3.8, 4) is 6.07 Å². The van der Waals surface area contributed by atoms with Gasteiger partial charge in [-0.2, -0.15) is 5.26 Å². The predicted molar refractivity (Wildman–Crippen MR) is 84.7 cm³/mol. The number of nitrogens with one attached hydrogen (secondary N) is 1. The molecule has 0 bridgehead atoms. The van der Waals surface area contributed by atoms with Gasteiger partial charge in [0.2, 0.25) is 10.0 Å². The first-order valence-corrected chi connectivity index (χ1v) is 8.98. The highest BCUT2D eigenvalue weighted by Gasteiger charge is 2.20. The van der Waals surface area contributed by atoms with Crippen molar-refractivity contribution in [3.63, 3.8) is 0 Å². The lowest BCUT2D eigenvalue weighted by molar-refractivity contribution is 0.522. The molecule has 0 aromatic heterocycles. The molecule has 21 heavy (non-hydrogen) atoms. The molecule has 0 heterocycles. The molecule has 0 aliphatic rings. The van der Waals surface area contributed by atoms with Crippen LogP contribution in [0, 0.1) is 11.3 Å². The Bertz CT molecular complexity index is 609. The summed E-state index contributed by atoms with van der Waals surface area (Å²) >= 11 is 5.95. The highest BCUT2D eigenvalue weighted by atomic mass is 35.5. The van der Waals surface area contributed by atoms with Gasteiger partial charge in [-0.3, -0.25) is 0 Å². The average Bonchev–Trinajstić information content (AvgIpc) is 2.42. The average molecular weight is 329 g/mol. The fraction of sp³-hybridized carbons (Fsp3) is 0.533. The van der Waals surface area contributed by atoms with Crippen molar-refractivity contribution in [3.05, 3.63) is 28.8 Å². The SMILES string of the molecule is CCCCCCC(C)NS(=O)(=O)c1ccc(C#N)cc1Cl. The van der Waals surface area contributed by atoms with Crippen LogP contribution < -0.4 is 4.72 Å². The van der Waals surface area contributed by atoms with Gasteiger partial charge in [0.25, 0.3) is 0 Å². The van der Waals surface area contributed by atoms with Crippen molar-refractivity contribution in [1.82, 2.24) is 4.72 Å². The van der Waals surface area contributed by atoms with E-state index in [-0.39, 0.29) is 16.0 Å². The van der Waals surface area contributed by atoms with Crippen LogP contribution in [-0.2, 0) is 10.0 Å². The summed E-state index contributed by atoms with van der Waals surface area (Å²) in [6, 6.07) is 5.97. The smallest absolute Gasteiger partial charge is 0.208 e. The summed E-state index contributed by atoms with van der Waals surface area (Å²) in [6.07, 6.45) is 5.23. The topological polar surface area (TPSA) is 70.0 Å². The monoisotopic (exact) mass is 328 g/mol. The van der Waals surface area contributed by atoms with E-state index in [0.29, 0.717) is 5.56 Å². The van der Waals surface area contributed by atoms with Crippen LogP contribution in [0.1, 0.15) is 51.5 Å². The van der Waals surface area contributed by atoms with Gasteiger partial charge in [0.05, 0.1) is 16.7 Å². The van der Waals surface area contributed by atoms with E-state index in [1.165, 1.54) is 24.6 Å². The van der Waals surface area contributed by atoms with Crippen molar-refractivity contribution >= 4 is 21.6 Å². The van der Waals surface area contributed by atoms with Crippen molar-refractivity contribution in [2.45, 2.75) is 56.9 Å². The van der Waals surface area contributed by atoms with Gasteiger partial charge in [-0.05, 0) is 31.5 Å². The second kappa shape index (κ2) is 8.38. The molecule has 0 radical (unpaired) electrons. The Morgan fingerprint density at radius 3 is 2.62 bits per heavy atom. The van der Waals surface area contributed by atoms with Crippen LogP contribution in [0.25, 0.3) is 0 Å². The van der Waals surface area contributed by atoms with Gasteiger partial charge in [-0.25, -0.2) is 13.1 Å². The number of unbranched alkanes of at least 4 members (excludes halogenated alkanes) is 3. The Balaban J connectivity index is 2.71. The van der Waals surface area contributed by atoms with E-state index >= 15 is 0 Å². The Labute approximate surface area is 132 Å². The van der Waals surface area contributed by atoms with Crippen molar-refractivity contribution < 1.29 is 8.42 Å². The van der Waals surface area contributed by atoms with Gasteiger partial charge in [0.15, 0.2) is 0 Å². The van der Waals surface area contributed by atoms with Crippen LogP contribution in [0.3, 0.4) is 0 Å². The molecule has 0 saturated heterocycles. The van der Waals surface area contributed by atoms with Crippen molar-refractivity contribution in [2.24, 2.45) is 0 Å². The zero-order valence-electron chi connectivity index (χ0n) is 12.4. The zero-order chi connectivity index (χ0) is 15.9. The number of benzene rings is 1. The molecule has 1 unspecified atom stereocenters. The zero-order valence-corrected chi connectivity index (χ0v) is 14.0. The summed E-state index contributed by atoms with van der Waals surface area (Å²) in [5.74, 6) is 0. The number of halogens is 1. The first-order chi connectivity index (χ1) is 9.90. The molecule has 1 aromatic rings. The molecule has 0 spiro atoms. The van der Waals surface area contributed by atoms with Crippen molar-refractivity contribution in [1.29, 1.82) is 5.26 Å². The summed E-state index contributed by atoms with van der Waals surface area (Å²) in [4.78, 5) is 0.0172. The van der Waals surface area contributed by atoms with Crippen molar-refractivity contribution in [2.75, 3.05) is 0 Å². The maximum absolute atomic E-state index is 12.3. The summed E-state index contributed by atoms with van der Waals surface area (Å²) in [5, 5.41) is 8.84. The number of nitrogens with zero attached hydrogens (tertiary/aromatic N) is 1. The van der Waals surface area contributed by atoms with E-state index in [0.717, 1.165) is 25.7 Å². The molecule has 116 valence electrons. The molecule has 6 heteroatoms. The summed E-state index contributed by atoms with van der Waals surface area (Å²) < 4.78 is 27.2. The summed E-state index contributed by atoms with van der Waals surface area (Å²) in [6.45, 7) is 3.99. The highest BCUT2D eigenvalue weighted by molar-refractivity contribution is 7.89. The van der Waals surface area contributed by atoms with E-state index < -0.39 is 10.0 Å². The third-order valence-electron chi connectivity index (χ3n) is 3.20. The van der Waals surface area contributed by atoms with Crippen LogP contribution in [0.2, 0.25) is 5.02 Å². The van der Waals surface area contributed by atoms with E-state index in [4.69, 9.17) is 16.9 Å². The second-order valence-corrected chi connectivity index (χ2v) is 7.22. The summed E-state index contributed by atoms with van der Waals surface area (Å²) in [5.41, 5.74) is 0.339. The number of hydrogen-bond donors (Lipinski definition) is 1. The Kier molecular flexibility index (Phi) is 7.16. The molecule has 1 N–H and O–H groups in total. The molecule has 0 saturated carbocycles. The lowest BCUT2D eigenvalue weighted by atomic mass is 10.1. The van der Waals surface area contributed by atoms with E-state index in [9.17, 15) is 8.42 Å². The molecule has 1 rings (SSSR count). The maximum Gasteiger partial charge on any atom is 0.242 e. The fourth-order valence-electron chi connectivity index (χ4n) is 2.05. The van der Waals surface area contributed by atoms with E-state index in [1.807, 2.05) is 13.0 Å². The quantitative estimate of drug-likeness (QED) is 0.737. The molecule has 0 aliphatic carbocycles. The molecular weight excluding hydrogens is 308 g/mol. The molecule has 0 amide bonds. The van der Waals surface area contributed by atoms with E-state index in [2.05, 4.69) is 11.6 Å². The number of nitriles is 1. The lowest BCUT2D eigenvalue weighted by Gasteiger charge is -2.15. The molecule has 1 atom stereocenters. The standard InChI is InChI=1S/C15H21ClN2O2S/c1-3-4-5-6-7-12(2)18-21(19,20)15-9-8-13(11-17)10-14(15)16/h8-10,12,18H,3-7H2,1-2H3. The number of hydrogen-bond acceptors (Lipinski definition) is 3. The molecule has 1 aromatic carbocycles. The summed E-state index contributed by atoms with van der Waals surface area (Å²) in [7, 11) is -3.65. The first kappa shape index (κ1) is 18.0. The van der Waals surface area contributed by atoms with Gasteiger partial charge in [0, 0.05) is 6.04 Å². The van der Waals surface area contributed by atoms with Crippen LogP contribution >= 0.6 is 11.6 Å². The van der Waals surface area contributed by atoms with Gasteiger partial charge >= 0.3 is 0 Å². The third-order valence-corrected chi connectivity index (χ3v) is 5.27. The van der Waals surface area contributed by atoms with Gasteiger partial charge < -0.3 is 0 Å². The van der Waals surface area contributed by atoms with Crippen LogP contribution in [0.4, 0.5) is 0 Å². The minimum absolute atomic E-state index is 0.0172. The highest BCUT2D eigenvalue weighted by Crippen LogP contribution is 2.23. The minimum atomic E-state index is -3.65. The van der Waals surface area contributed by atoms with Gasteiger partial charge in [-0.15, -0.1) is 0 Å². The largest absolute Gasteiger partial charge is 0.242 e. The second-order valence-electron chi connectivity index (χ2n) is 5.13. The molecule has 0 aliphatic heterocycles. The van der Waals surface area contributed by atoms with Gasteiger partial charge in [-0.1, -0.05) is 44.2 Å². The fourth-order valence-corrected chi connectivity index (χ4v) is 3.88. The third kappa shape index (κ3) is 5.66. The molecular formula is C15H21ClN2O2S. The van der Waals surface area contributed by atoms with Crippen LogP contribution in [0.5, 0.6) is 0 Å².